The van der Waals surface area contributed by atoms with Gasteiger partial charge in [0.25, 0.3) is 0 Å². The predicted octanol–water partition coefficient (Wildman–Crippen LogP) is 2.38. The molecule has 0 radical (unpaired) electrons. The van der Waals surface area contributed by atoms with E-state index in [1.54, 1.807) is 12.1 Å². The first kappa shape index (κ1) is 14.5. The second-order valence-electron chi connectivity index (χ2n) is 5.31. The maximum absolute atomic E-state index is 12.3. The molecule has 20 heavy (non-hydrogen) atoms. The van der Waals surface area contributed by atoms with Crippen molar-refractivity contribution in [1.82, 2.24) is 0 Å². The molecule has 1 aromatic rings. The van der Waals surface area contributed by atoms with Crippen LogP contribution in [0.25, 0.3) is 0 Å². The third-order valence-electron chi connectivity index (χ3n) is 3.92. The van der Waals surface area contributed by atoms with E-state index >= 15 is 0 Å². The number of nitrogens with one attached hydrogen (secondary N) is 1. The Hall–Kier alpha value is -1.88. The molecule has 0 spiro atoms. The summed E-state index contributed by atoms with van der Waals surface area (Å²) in [6.45, 7) is 5.84. The highest BCUT2D eigenvalue weighted by Gasteiger charge is 2.41. The average Bonchev–Trinajstić information content (AvgIpc) is 2.63. The molecule has 4 unspecified atom stereocenters. The minimum atomic E-state index is -1.01. The molecule has 2 rings (SSSR count). The summed E-state index contributed by atoms with van der Waals surface area (Å²) in [5.41, 5.74) is 0.647. The van der Waals surface area contributed by atoms with Crippen LogP contribution < -0.4 is 5.32 Å². The van der Waals surface area contributed by atoms with Crippen LogP contribution >= 0.6 is 0 Å². The number of anilines is 1. The van der Waals surface area contributed by atoms with E-state index in [-0.39, 0.29) is 35.5 Å². The van der Waals surface area contributed by atoms with Crippen molar-refractivity contribution in [2.24, 2.45) is 11.8 Å². The third kappa shape index (κ3) is 2.82. The summed E-state index contributed by atoms with van der Waals surface area (Å²) in [6.07, 6.45) is -0.0891. The minimum absolute atomic E-state index is 0.0473. The summed E-state index contributed by atoms with van der Waals surface area (Å²) in [5.74, 6) is -1.23. The van der Waals surface area contributed by atoms with Crippen LogP contribution in [0.3, 0.4) is 0 Å². The van der Waals surface area contributed by atoms with Gasteiger partial charge in [-0.2, -0.15) is 0 Å². The zero-order valence-electron chi connectivity index (χ0n) is 11.8. The van der Waals surface area contributed by atoms with E-state index in [2.05, 4.69) is 5.32 Å². The van der Waals surface area contributed by atoms with Gasteiger partial charge in [0, 0.05) is 5.69 Å². The molecule has 0 aromatic heterocycles. The summed E-state index contributed by atoms with van der Waals surface area (Å²) < 4.78 is 5.65. The van der Waals surface area contributed by atoms with Crippen molar-refractivity contribution in [2.45, 2.75) is 33.0 Å². The first-order valence-corrected chi connectivity index (χ1v) is 6.70. The maximum Gasteiger partial charge on any atom is 0.335 e. The lowest BCUT2D eigenvalue weighted by molar-refractivity contribution is -0.121. The molecule has 1 fully saturated rings. The van der Waals surface area contributed by atoms with Crippen LogP contribution in [0.15, 0.2) is 24.3 Å². The number of rotatable bonds is 3. The van der Waals surface area contributed by atoms with Gasteiger partial charge in [0.1, 0.15) is 0 Å². The van der Waals surface area contributed by atoms with E-state index in [0.29, 0.717) is 5.69 Å². The molecule has 0 aliphatic carbocycles. The third-order valence-corrected chi connectivity index (χ3v) is 3.92. The van der Waals surface area contributed by atoms with Crippen LogP contribution in [0.4, 0.5) is 5.69 Å². The Morgan fingerprint density at radius 1 is 1.20 bits per heavy atom. The fourth-order valence-electron chi connectivity index (χ4n) is 2.67. The number of carbonyl (C=O) groups is 2. The Kier molecular flexibility index (Phi) is 4.09. The standard InChI is InChI=1S/C15H19NO4/c1-8-9(2)20-10(3)13(8)14(17)16-12-6-4-5-11(7-12)15(18)19/h4-10,13H,1-3H3,(H,16,17)(H,18,19). The highest BCUT2D eigenvalue weighted by molar-refractivity contribution is 5.95. The minimum Gasteiger partial charge on any atom is -0.478 e. The van der Waals surface area contributed by atoms with Gasteiger partial charge in [-0.15, -0.1) is 0 Å². The molecule has 5 heteroatoms. The lowest BCUT2D eigenvalue weighted by Crippen LogP contribution is -2.32. The molecule has 1 heterocycles. The van der Waals surface area contributed by atoms with Crippen LogP contribution in [0, 0.1) is 11.8 Å². The largest absolute Gasteiger partial charge is 0.478 e. The zero-order valence-corrected chi connectivity index (χ0v) is 11.8. The van der Waals surface area contributed by atoms with E-state index in [4.69, 9.17) is 9.84 Å². The molecule has 2 N–H and O–H groups in total. The summed E-state index contributed by atoms with van der Waals surface area (Å²) in [7, 11) is 0. The predicted molar refractivity (Wildman–Crippen MR) is 74.7 cm³/mol. The second-order valence-corrected chi connectivity index (χ2v) is 5.31. The molecule has 0 saturated carbocycles. The molecular weight excluding hydrogens is 258 g/mol. The zero-order chi connectivity index (χ0) is 14.9. The first-order chi connectivity index (χ1) is 9.40. The maximum atomic E-state index is 12.3. The van der Waals surface area contributed by atoms with Crippen LogP contribution in [0.2, 0.25) is 0 Å². The van der Waals surface area contributed by atoms with Gasteiger partial charge in [-0.3, -0.25) is 4.79 Å². The van der Waals surface area contributed by atoms with Gasteiger partial charge in [-0.05, 0) is 38.0 Å². The molecule has 1 aliphatic heterocycles. The number of aromatic carboxylic acids is 1. The molecule has 108 valence electrons. The van der Waals surface area contributed by atoms with Crippen molar-refractivity contribution < 1.29 is 19.4 Å². The monoisotopic (exact) mass is 277 g/mol. The van der Waals surface area contributed by atoms with Gasteiger partial charge < -0.3 is 15.2 Å². The first-order valence-electron chi connectivity index (χ1n) is 6.70. The number of ether oxygens (including phenoxy) is 1. The van der Waals surface area contributed by atoms with Crippen molar-refractivity contribution >= 4 is 17.6 Å². The smallest absolute Gasteiger partial charge is 0.335 e. The van der Waals surface area contributed by atoms with E-state index in [9.17, 15) is 9.59 Å². The highest BCUT2D eigenvalue weighted by atomic mass is 16.5. The lowest BCUT2D eigenvalue weighted by Gasteiger charge is -2.18. The number of carboxylic acid groups (broad SMARTS) is 1. The Bertz CT molecular complexity index is 528. The molecule has 1 amide bonds. The Labute approximate surface area is 117 Å². The van der Waals surface area contributed by atoms with Gasteiger partial charge in [0.15, 0.2) is 0 Å². The van der Waals surface area contributed by atoms with Gasteiger partial charge in [0.2, 0.25) is 5.91 Å². The quantitative estimate of drug-likeness (QED) is 0.889. The number of benzene rings is 1. The summed E-state index contributed by atoms with van der Waals surface area (Å²) >= 11 is 0. The van der Waals surface area contributed by atoms with E-state index < -0.39 is 5.97 Å². The molecule has 1 saturated heterocycles. The molecule has 0 bridgehead atoms. The van der Waals surface area contributed by atoms with Crippen molar-refractivity contribution in [3.8, 4) is 0 Å². The number of hydrogen-bond acceptors (Lipinski definition) is 3. The number of carboxylic acids is 1. The van der Waals surface area contributed by atoms with Crippen molar-refractivity contribution in [2.75, 3.05) is 5.32 Å². The van der Waals surface area contributed by atoms with E-state index in [1.807, 2.05) is 20.8 Å². The fraction of sp³-hybridized carbons (Fsp3) is 0.467. The lowest BCUT2D eigenvalue weighted by atomic mass is 9.89. The van der Waals surface area contributed by atoms with Crippen molar-refractivity contribution in [3.63, 3.8) is 0 Å². The summed E-state index contributed by atoms with van der Waals surface area (Å²) in [6, 6.07) is 6.23. The number of hydrogen-bond donors (Lipinski definition) is 2. The number of carbonyl (C=O) groups excluding carboxylic acids is 1. The van der Waals surface area contributed by atoms with Crippen molar-refractivity contribution in [3.05, 3.63) is 29.8 Å². The van der Waals surface area contributed by atoms with Gasteiger partial charge in [-0.25, -0.2) is 4.79 Å². The van der Waals surface area contributed by atoms with E-state index in [1.165, 1.54) is 12.1 Å². The van der Waals surface area contributed by atoms with Gasteiger partial charge >= 0.3 is 5.97 Å². The summed E-state index contributed by atoms with van der Waals surface area (Å²) in [5, 5.41) is 11.7. The van der Waals surface area contributed by atoms with Crippen molar-refractivity contribution in [1.29, 1.82) is 0 Å². The molecule has 5 nitrogen and oxygen atoms in total. The Morgan fingerprint density at radius 3 is 2.45 bits per heavy atom. The summed E-state index contributed by atoms with van der Waals surface area (Å²) in [4.78, 5) is 23.2. The topological polar surface area (TPSA) is 75.6 Å². The Morgan fingerprint density at radius 2 is 1.90 bits per heavy atom. The molecule has 1 aliphatic rings. The van der Waals surface area contributed by atoms with Crippen LogP contribution in [-0.2, 0) is 9.53 Å². The van der Waals surface area contributed by atoms with E-state index in [0.717, 1.165) is 0 Å². The Balaban J connectivity index is 2.12. The fourth-order valence-corrected chi connectivity index (χ4v) is 2.67. The van der Waals surface area contributed by atoms with Crippen LogP contribution in [0.5, 0.6) is 0 Å². The molecule has 4 atom stereocenters. The SMILES string of the molecule is CC1OC(C)C(C(=O)Nc2cccc(C(=O)O)c2)C1C. The molecular formula is C15H19NO4. The highest BCUT2D eigenvalue weighted by Crippen LogP contribution is 2.33. The second kappa shape index (κ2) is 5.63. The normalized spacial score (nSPS) is 29.1. The van der Waals surface area contributed by atoms with Gasteiger partial charge in [0.05, 0.1) is 23.7 Å². The van der Waals surface area contributed by atoms with Crippen LogP contribution in [0.1, 0.15) is 31.1 Å². The van der Waals surface area contributed by atoms with Gasteiger partial charge in [-0.1, -0.05) is 13.0 Å². The average molecular weight is 277 g/mol. The number of amides is 1. The molecule has 1 aromatic carbocycles. The van der Waals surface area contributed by atoms with Crippen LogP contribution in [-0.4, -0.2) is 29.2 Å².